The van der Waals surface area contributed by atoms with Gasteiger partial charge in [0.05, 0.1) is 11.7 Å². The van der Waals surface area contributed by atoms with E-state index in [1.54, 1.807) is 16.8 Å². The molecular formula is C25H23ClN6O2. The zero-order valence-electron chi connectivity index (χ0n) is 18.8. The topological polar surface area (TPSA) is 102 Å². The zero-order chi connectivity index (χ0) is 23.8. The lowest BCUT2D eigenvalue weighted by Crippen LogP contribution is -2.25. The second kappa shape index (κ2) is 8.87. The van der Waals surface area contributed by atoms with Crippen LogP contribution < -0.4 is 16.2 Å². The van der Waals surface area contributed by atoms with E-state index >= 15 is 0 Å². The second-order valence-corrected chi connectivity index (χ2v) is 8.70. The molecule has 3 aromatic heterocycles. The van der Waals surface area contributed by atoms with Gasteiger partial charge in [-0.05, 0) is 38.1 Å². The average Bonchev–Trinajstić information content (AvgIpc) is 3.23. The largest absolute Gasteiger partial charge is 0.354 e. The minimum atomic E-state index is -0.180. The highest BCUT2D eigenvalue weighted by Crippen LogP contribution is 2.31. The molecule has 0 saturated carbocycles. The SMILES string of the molecule is CCn1c(=O)c(-c2ccc(-c3cccc(C)n3)cc2Cl)cc2cnc(NC3CNC(=O)C3)nc21. The molecule has 8 nitrogen and oxygen atoms in total. The van der Waals surface area contributed by atoms with Gasteiger partial charge in [0.25, 0.3) is 5.56 Å². The van der Waals surface area contributed by atoms with Crippen LogP contribution in [0.3, 0.4) is 0 Å². The van der Waals surface area contributed by atoms with Gasteiger partial charge >= 0.3 is 0 Å². The van der Waals surface area contributed by atoms with E-state index in [0.29, 0.717) is 47.3 Å². The minimum Gasteiger partial charge on any atom is -0.354 e. The molecule has 4 aromatic rings. The highest BCUT2D eigenvalue weighted by atomic mass is 35.5. The molecule has 1 aromatic carbocycles. The first-order chi connectivity index (χ1) is 16.4. The maximum absolute atomic E-state index is 13.4. The van der Waals surface area contributed by atoms with Gasteiger partial charge < -0.3 is 10.6 Å². The van der Waals surface area contributed by atoms with Crippen molar-refractivity contribution in [3.8, 4) is 22.4 Å². The third kappa shape index (κ3) is 4.12. The number of carbonyl (C=O) groups is 1. The Kier molecular flexibility index (Phi) is 5.75. The van der Waals surface area contributed by atoms with E-state index in [0.717, 1.165) is 22.3 Å². The Morgan fingerprint density at radius 3 is 2.71 bits per heavy atom. The van der Waals surface area contributed by atoms with Crippen molar-refractivity contribution >= 4 is 34.5 Å². The molecule has 1 aliphatic rings. The highest BCUT2D eigenvalue weighted by molar-refractivity contribution is 6.33. The Hall–Kier alpha value is -3.78. The van der Waals surface area contributed by atoms with E-state index in [2.05, 4.69) is 25.6 Å². The van der Waals surface area contributed by atoms with Crippen LogP contribution in [0.4, 0.5) is 5.95 Å². The van der Waals surface area contributed by atoms with Gasteiger partial charge in [0.2, 0.25) is 11.9 Å². The number of halogens is 1. The lowest BCUT2D eigenvalue weighted by molar-refractivity contribution is -0.119. The summed E-state index contributed by atoms with van der Waals surface area (Å²) in [6, 6.07) is 13.1. The first kappa shape index (κ1) is 22.0. The van der Waals surface area contributed by atoms with Crippen molar-refractivity contribution in [1.29, 1.82) is 0 Å². The van der Waals surface area contributed by atoms with Crippen LogP contribution in [0.1, 0.15) is 19.0 Å². The predicted octanol–water partition coefficient (Wildman–Crippen LogP) is 3.80. The van der Waals surface area contributed by atoms with Gasteiger partial charge in [-0.25, -0.2) is 4.98 Å². The molecule has 0 radical (unpaired) electrons. The summed E-state index contributed by atoms with van der Waals surface area (Å²) in [5.74, 6) is 0.380. The molecule has 0 spiro atoms. The van der Waals surface area contributed by atoms with Gasteiger partial charge in [0.1, 0.15) is 5.65 Å². The zero-order valence-corrected chi connectivity index (χ0v) is 19.6. The number of nitrogens with zero attached hydrogens (tertiary/aromatic N) is 4. The number of fused-ring (bicyclic) bond motifs is 1. The van der Waals surface area contributed by atoms with Crippen LogP contribution in [0.25, 0.3) is 33.4 Å². The standard InChI is InChI=1S/C25H23ClN6O2/c1-3-32-23-16(12-28-25(31-23)30-17-11-22(33)27-13-17)9-19(24(32)34)18-8-7-15(10-20(18)26)21-6-4-5-14(2)29-21/h4-10,12,17H,3,11,13H2,1-2H3,(H,27,33)(H,28,30,31). The number of hydrogen-bond acceptors (Lipinski definition) is 6. The Morgan fingerprint density at radius 2 is 2.00 bits per heavy atom. The average molecular weight is 475 g/mol. The Bertz CT molecular complexity index is 1480. The third-order valence-electron chi connectivity index (χ3n) is 5.90. The summed E-state index contributed by atoms with van der Waals surface area (Å²) in [5, 5.41) is 7.14. The van der Waals surface area contributed by atoms with E-state index in [4.69, 9.17) is 11.6 Å². The summed E-state index contributed by atoms with van der Waals surface area (Å²) in [7, 11) is 0. The van der Waals surface area contributed by atoms with Crippen molar-refractivity contribution in [3.05, 3.63) is 69.7 Å². The Morgan fingerprint density at radius 1 is 1.15 bits per heavy atom. The summed E-state index contributed by atoms with van der Waals surface area (Å²) in [4.78, 5) is 38.4. The van der Waals surface area contributed by atoms with Crippen LogP contribution in [0.2, 0.25) is 5.02 Å². The van der Waals surface area contributed by atoms with E-state index in [1.165, 1.54) is 0 Å². The molecule has 1 amide bonds. The fourth-order valence-corrected chi connectivity index (χ4v) is 4.48. The molecule has 34 heavy (non-hydrogen) atoms. The summed E-state index contributed by atoms with van der Waals surface area (Å²) in [6.07, 6.45) is 2.05. The van der Waals surface area contributed by atoms with Gasteiger partial charge in [-0.1, -0.05) is 29.8 Å². The number of amides is 1. The molecule has 9 heteroatoms. The van der Waals surface area contributed by atoms with Gasteiger partial charge in [-0.2, -0.15) is 4.98 Å². The van der Waals surface area contributed by atoms with Crippen molar-refractivity contribution in [2.45, 2.75) is 32.9 Å². The quantitative estimate of drug-likeness (QED) is 0.456. The number of rotatable bonds is 5. The molecule has 172 valence electrons. The molecule has 2 N–H and O–H groups in total. The fraction of sp³-hybridized carbons (Fsp3) is 0.240. The molecule has 0 aliphatic carbocycles. The van der Waals surface area contributed by atoms with Crippen LogP contribution in [-0.4, -0.2) is 38.0 Å². The predicted molar refractivity (Wildman–Crippen MR) is 133 cm³/mol. The van der Waals surface area contributed by atoms with Gasteiger partial charge in [0, 0.05) is 58.5 Å². The summed E-state index contributed by atoms with van der Waals surface area (Å²) >= 11 is 6.65. The minimum absolute atomic E-state index is 0.00512. The molecule has 1 fully saturated rings. The van der Waals surface area contributed by atoms with Crippen molar-refractivity contribution < 1.29 is 4.79 Å². The van der Waals surface area contributed by atoms with E-state index < -0.39 is 0 Å². The number of pyridine rings is 2. The van der Waals surface area contributed by atoms with Gasteiger partial charge in [0.15, 0.2) is 0 Å². The summed E-state index contributed by atoms with van der Waals surface area (Å²) < 4.78 is 1.61. The first-order valence-electron chi connectivity index (χ1n) is 11.1. The number of benzene rings is 1. The lowest BCUT2D eigenvalue weighted by Gasteiger charge is -2.14. The van der Waals surface area contributed by atoms with Crippen molar-refractivity contribution in [3.63, 3.8) is 0 Å². The van der Waals surface area contributed by atoms with Gasteiger partial charge in [-0.3, -0.25) is 19.1 Å². The summed E-state index contributed by atoms with van der Waals surface area (Å²) in [6.45, 7) is 4.79. The molecule has 1 atom stereocenters. The third-order valence-corrected chi connectivity index (χ3v) is 6.21. The molecule has 5 rings (SSSR count). The maximum atomic E-state index is 13.4. The van der Waals surface area contributed by atoms with Crippen molar-refractivity contribution in [2.24, 2.45) is 0 Å². The monoisotopic (exact) mass is 474 g/mol. The van der Waals surface area contributed by atoms with Crippen LogP contribution in [0, 0.1) is 6.92 Å². The second-order valence-electron chi connectivity index (χ2n) is 8.29. The molecule has 1 aliphatic heterocycles. The molecule has 0 bridgehead atoms. The molecule has 4 heterocycles. The maximum Gasteiger partial charge on any atom is 0.260 e. The van der Waals surface area contributed by atoms with Crippen LogP contribution in [0.15, 0.2) is 53.5 Å². The van der Waals surface area contributed by atoms with Gasteiger partial charge in [-0.15, -0.1) is 0 Å². The first-order valence-corrected chi connectivity index (χ1v) is 11.5. The number of nitrogens with one attached hydrogen (secondary N) is 2. The molecule has 1 unspecified atom stereocenters. The molecule has 1 saturated heterocycles. The number of hydrogen-bond donors (Lipinski definition) is 2. The Balaban J connectivity index is 1.55. The Labute approximate surface area is 201 Å². The van der Waals surface area contributed by atoms with Crippen molar-refractivity contribution in [1.82, 2.24) is 24.8 Å². The van der Waals surface area contributed by atoms with Crippen LogP contribution in [0.5, 0.6) is 0 Å². The van der Waals surface area contributed by atoms with E-state index in [9.17, 15) is 9.59 Å². The van der Waals surface area contributed by atoms with Crippen LogP contribution >= 0.6 is 11.6 Å². The lowest BCUT2D eigenvalue weighted by atomic mass is 10.0. The normalized spacial score (nSPS) is 15.5. The molecular weight excluding hydrogens is 452 g/mol. The van der Waals surface area contributed by atoms with Crippen LogP contribution in [-0.2, 0) is 11.3 Å². The summed E-state index contributed by atoms with van der Waals surface area (Å²) in [5.41, 5.74) is 4.10. The highest BCUT2D eigenvalue weighted by Gasteiger charge is 2.22. The number of anilines is 1. The van der Waals surface area contributed by atoms with Crippen molar-refractivity contribution in [2.75, 3.05) is 11.9 Å². The van der Waals surface area contributed by atoms with E-state index in [-0.39, 0.29) is 17.5 Å². The number of aromatic nitrogens is 4. The number of carbonyl (C=O) groups excluding carboxylic acids is 1. The fourth-order valence-electron chi connectivity index (χ4n) is 4.20. The number of aryl methyl sites for hydroxylation is 2. The smallest absolute Gasteiger partial charge is 0.260 e. The van der Waals surface area contributed by atoms with E-state index in [1.807, 2.05) is 50.2 Å².